The van der Waals surface area contributed by atoms with Crippen molar-refractivity contribution in [2.24, 2.45) is 0 Å². The van der Waals surface area contributed by atoms with Crippen LogP contribution in [0.1, 0.15) is 98.6 Å². The van der Waals surface area contributed by atoms with Crippen LogP contribution in [0.3, 0.4) is 0 Å². The van der Waals surface area contributed by atoms with Crippen LogP contribution in [0.5, 0.6) is 5.88 Å². The largest absolute Gasteiger partial charge is 0.478 e. The van der Waals surface area contributed by atoms with E-state index in [9.17, 15) is 18.0 Å². The fourth-order valence-electron chi connectivity index (χ4n) is 5.27. The number of unbranched alkanes of at least 4 members (excludes halogenated alkanes) is 1. The minimum absolute atomic E-state index is 0.0653. The van der Waals surface area contributed by atoms with Crippen molar-refractivity contribution >= 4 is 27.7 Å². The molecule has 1 saturated heterocycles. The molecule has 11 nitrogen and oxygen atoms in total. The van der Waals surface area contributed by atoms with Gasteiger partial charge in [0.2, 0.25) is 15.9 Å². The first kappa shape index (κ1) is 35.8. The Morgan fingerprint density at radius 1 is 1.05 bits per heavy atom. The molecule has 1 amide bonds. The Labute approximate surface area is 263 Å². The molecular formula is C32H51N3O8S. The number of hydrogen-bond donors (Lipinski definition) is 1. The number of carbonyl (C=O) groups excluding carboxylic acids is 2. The highest BCUT2D eigenvalue weighted by Crippen LogP contribution is 2.30. The van der Waals surface area contributed by atoms with Crippen molar-refractivity contribution in [1.29, 1.82) is 0 Å². The number of nitrogens with zero attached hydrogens (tertiary/aromatic N) is 2. The van der Waals surface area contributed by atoms with Crippen molar-refractivity contribution in [3.63, 3.8) is 0 Å². The Bertz CT molecular complexity index is 1250. The maximum absolute atomic E-state index is 13.0. The van der Waals surface area contributed by atoms with E-state index in [1.807, 2.05) is 59.7 Å². The third-order valence-corrected chi connectivity index (χ3v) is 7.87. The second-order valence-electron chi connectivity index (χ2n) is 13.6. The zero-order valence-corrected chi connectivity index (χ0v) is 28.2. The number of hydrogen-bond acceptors (Lipinski definition) is 9. The van der Waals surface area contributed by atoms with Gasteiger partial charge in [-0.3, -0.25) is 4.79 Å². The van der Waals surface area contributed by atoms with Crippen LogP contribution in [-0.2, 0) is 29.0 Å². The summed E-state index contributed by atoms with van der Waals surface area (Å²) in [6.45, 7) is 12.2. The summed E-state index contributed by atoms with van der Waals surface area (Å²) in [6.07, 6.45) is 7.99. The van der Waals surface area contributed by atoms with E-state index in [1.54, 1.807) is 4.90 Å². The number of pyridine rings is 1. The first-order valence-corrected chi connectivity index (χ1v) is 17.5. The second kappa shape index (κ2) is 15.5. The maximum Gasteiger partial charge on any atom is 0.410 e. The van der Waals surface area contributed by atoms with Gasteiger partial charge in [-0.05, 0) is 98.1 Å². The standard InChI is InChI=1S/C32H51N3O8S/c1-31(2,3)42-29(36)15-8-9-21-40-28-14-10-12-25(33-28)23-16-18-24(19-17-23)41-22-27-26(34-44(7,38)39)13-11-20-35(27)30(37)43-32(4,5)6/h10,12,14,16,24,26-27,34H,8-9,11,13,15,17-22H2,1-7H3. The minimum atomic E-state index is -3.47. The predicted molar refractivity (Wildman–Crippen MR) is 169 cm³/mol. The lowest BCUT2D eigenvalue weighted by Crippen LogP contribution is -2.59. The van der Waals surface area contributed by atoms with Crippen LogP contribution in [0.4, 0.5) is 4.79 Å². The van der Waals surface area contributed by atoms with Gasteiger partial charge in [0.15, 0.2) is 0 Å². The number of amides is 1. The van der Waals surface area contributed by atoms with E-state index in [1.165, 1.54) is 0 Å². The molecule has 1 fully saturated rings. The van der Waals surface area contributed by atoms with Crippen LogP contribution in [0.25, 0.3) is 5.57 Å². The number of piperidine rings is 1. The first-order chi connectivity index (χ1) is 20.5. The Morgan fingerprint density at radius 3 is 2.41 bits per heavy atom. The van der Waals surface area contributed by atoms with Gasteiger partial charge in [-0.25, -0.2) is 22.9 Å². The molecule has 248 valence electrons. The van der Waals surface area contributed by atoms with Gasteiger partial charge in [-0.2, -0.15) is 0 Å². The van der Waals surface area contributed by atoms with Crippen LogP contribution in [0, 0.1) is 0 Å². The molecule has 1 aromatic rings. The van der Waals surface area contributed by atoms with Gasteiger partial charge in [0.1, 0.15) is 11.2 Å². The van der Waals surface area contributed by atoms with Crippen molar-refractivity contribution in [3.8, 4) is 5.88 Å². The molecule has 0 saturated carbocycles. The van der Waals surface area contributed by atoms with Crippen LogP contribution in [0.15, 0.2) is 24.3 Å². The maximum atomic E-state index is 13.0. The number of sulfonamides is 1. The lowest BCUT2D eigenvalue weighted by Gasteiger charge is -2.42. The third-order valence-electron chi connectivity index (χ3n) is 7.14. The van der Waals surface area contributed by atoms with Gasteiger partial charge >= 0.3 is 12.1 Å². The van der Waals surface area contributed by atoms with E-state index in [-0.39, 0.29) is 18.7 Å². The average molecular weight is 638 g/mol. The molecule has 1 N–H and O–H groups in total. The minimum Gasteiger partial charge on any atom is -0.478 e. The molecular weight excluding hydrogens is 586 g/mol. The Hall–Kier alpha value is -2.70. The van der Waals surface area contributed by atoms with Crippen LogP contribution in [-0.4, -0.2) is 85.8 Å². The number of allylic oxidation sites excluding steroid dienone is 1. The second-order valence-corrected chi connectivity index (χ2v) is 15.4. The third kappa shape index (κ3) is 12.7. The lowest BCUT2D eigenvalue weighted by atomic mass is 9.94. The molecule has 3 atom stereocenters. The Balaban J connectivity index is 1.53. The number of rotatable bonds is 12. The molecule has 44 heavy (non-hydrogen) atoms. The van der Waals surface area contributed by atoms with Gasteiger partial charge in [-0.15, -0.1) is 0 Å². The Morgan fingerprint density at radius 2 is 1.77 bits per heavy atom. The highest BCUT2D eigenvalue weighted by atomic mass is 32.2. The Kier molecular flexibility index (Phi) is 12.6. The number of aromatic nitrogens is 1. The van der Waals surface area contributed by atoms with E-state index in [0.29, 0.717) is 51.1 Å². The molecule has 0 radical (unpaired) electrons. The smallest absolute Gasteiger partial charge is 0.410 e. The normalized spacial score (nSPS) is 21.4. The van der Waals surface area contributed by atoms with Crippen LogP contribution >= 0.6 is 0 Å². The molecule has 12 heteroatoms. The summed E-state index contributed by atoms with van der Waals surface area (Å²) in [5.74, 6) is 0.344. The highest BCUT2D eigenvalue weighted by molar-refractivity contribution is 7.88. The summed E-state index contributed by atoms with van der Waals surface area (Å²) in [4.78, 5) is 31.2. The topological polar surface area (TPSA) is 133 Å². The summed E-state index contributed by atoms with van der Waals surface area (Å²) in [7, 11) is -3.47. The molecule has 1 aliphatic carbocycles. The zero-order chi connectivity index (χ0) is 32.5. The number of nitrogens with one attached hydrogen (secondary N) is 1. The van der Waals surface area contributed by atoms with E-state index in [2.05, 4.69) is 15.8 Å². The number of carbonyl (C=O) groups is 2. The summed E-state index contributed by atoms with van der Waals surface area (Å²) in [5, 5.41) is 0. The molecule has 0 aromatic carbocycles. The molecule has 2 heterocycles. The van der Waals surface area contributed by atoms with E-state index in [4.69, 9.17) is 18.9 Å². The predicted octanol–water partition coefficient (Wildman–Crippen LogP) is 5.24. The van der Waals surface area contributed by atoms with Crippen molar-refractivity contribution in [2.75, 3.05) is 26.0 Å². The number of esters is 1. The van der Waals surface area contributed by atoms with E-state index < -0.39 is 39.4 Å². The molecule has 1 aliphatic heterocycles. The average Bonchev–Trinajstić information content (AvgIpc) is 2.90. The van der Waals surface area contributed by atoms with Crippen molar-refractivity contribution in [2.45, 2.75) is 122 Å². The van der Waals surface area contributed by atoms with Gasteiger partial charge in [0, 0.05) is 25.1 Å². The molecule has 1 aromatic heterocycles. The fourth-order valence-corrected chi connectivity index (χ4v) is 6.09. The monoisotopic (exact) mass is 637 g/mol. The SMILES string of the molecule is CC(C)(C)OC(=O)CCCCOc1cccc(C2=CCC(OCC3C(NS(C)(=O)=O)CCCN3C(=O)OC(C)(C)C)CC2)n1. The first-order valence-electron chi connectivity index (χ1n) is 15.6. The summed E-state index contributed by atoms with van der Waals surface area (Å²) in [6, 6.07) is 4.78. The van der Waals surface area contributed by atoms with Crippen molar-refractivity contribution in [1.82, 2.24) is 14.6 Å². The van der Waals surface area contributed by atoms with Gasteiger partial charge < -0.3 is 23.8 Å². The number of ether oxygens (including phenoxy) is 4. The molecule has 0 spiro atoms. The lowest BCUT2D eigenvalue weighted by molar-refractivity contribution is -0.154. The van der Waals surface area contributed by atoms with Crippen LogP contribution in [0.2, 0.25) is 0 Å². The van der Waals surface area contributed by atoms with Crippen molar-refractivity contribution < 1.29 is 37.0 Å². The van der Waals surface area contributed by atoms with Gasteiger partial charge in [0.25, 0.3) is 0 Å². The molecule has 3 rings (SSSR count). The summed E-state index contributed by atoms with van der Waals surface area (Å²) < 4.78 is 50.0. The van der Waals surface area contributed by atoms with E-state index in [0.717, 1.165) is 36.8 Å². The van der Waals surface area contributed by atoms with E-state index >= 15 is 0 Å². The molecule has 2 aliphatic rings. The van der Waals surface area contributed by atoms with Gasteiger partial charge in [0.05, 0.1) is 37.3 Å². The van der Waals surface area contributed by atoms with Crippen molar-refractivity contribution in [3.05, 3.63) is 30.0 Å². The van der Waals surface area contributed by atoms with Crippen LogP contribution < -0.4 is 9.46 Å². The summed E-state index contributed by atoms with van der Waals surface area (Å²) in [5.41, 5.74) is 0.833. The van der Waals surface area contributed by atoms with Gasteiger partial charge in [-0.1, -0.05) is 12.1 Å². The number of likely N-dealkylation sites (tertiary alicyclic amines) is 1. The quantitative estimate of drug-likeness (QED) is 0.241. The highest BCUT2D eigenvalue weighted by Gasteiger charge is 2.38. The molecule has 3 unspecified atom stereocenters. The molecule has 0 bridgehead atoms. The summed E-state index contributed by atoms with van der Waals surface area (Å²) >= 11 is 0. The fraction of sp³-hybridized carbons (Fsp3) is 0.719. The zero-order valence-electron chi connectivity index (χ0n) is 27.4.